The topological polar surface area (TPSA) is 69.6 Å². The van der Waals surface area contributed by atoms with Gasteiger partial charge < -0.3 is 5.73 Å². The molecule has 0 aliphatic carbocycles. The smallest absolute Gasteiger partial charge is 0.185 e. The highest BCUT2D eigenvalue weighted by Crippen LogP contribution is 2.25. The van der Waals surface area contributed by atoms with Gasteiger partial charge in [0.2, 0.25) is 0 Å². The van der Waals surface area contributed by atoms with Gasteiger partial charge in [-0.1, -0.05) is 30.3 Å². The first kappa shape index (κ1) is 13.2. The summed E-state index contributed by atoms with van der Waals surface area (Å²) in [6.07, 6.45) is 0. The second-order valence-corrected chi connectivity index (χ2v) is 4.50. The summed E-state index contributed by atoms with van der Waals surface area (Å²) in [6.45, 7) is 0.375. The number of halogens is 2. The van der Waals surface area contributed by atoms with E-state index in [2.05, 4.69) is 15.5 Å². The molecule has 0 fully saturated rings. The quantitative estimate of drug-likeness (QED) is 0.750. The Labute approximate surface area is 119 Å². The van der Waals surface area contributed by atoms with Crippen molar-refractivity contribution < 1.29 is 8.78 Å². The van der Waals surface area contributed by atoms with Gasteiger partial charge in [-0.05, 0) is 22.1 Å². The van der Waals surface area contributed by atoms with E-state index in [1.54, 1.807) is 0 Å². The van der Waals surface area contributed by atoms with Gasteiger partial charge in [-0.3, -0.25) is 0 Å². The van der Waals surface area contributed by atoms with Crippen molar-refractivity contribution in [1.29, 1.82) is 0 Å². The number of tetrazole rings is 1. The molecule has 5 nitrogen and oxygen atoms in total. The van der Waals surface area contributed by atoms with Crippen molar-refractivity contribution in [3.05, 3.63) is 59.7 Å². The maximum Gasteiger partial charge on any atom is 0.185 e. The molecule has 0 bridgehead atoms. The van der Waals surface area contributed by atoms with Crippen molar-refractivity contribution in [2.75, 3.05) is 5.73 Å². The van der Waals surface area contributed by atoms with E-state index in [9.17, 15) is 8.78 Å². The zero-order chi connectivity index (χ0) is 14.8. The molecule has 0 aliphatic heterocycles. The second kappa shape index (κ2) is 5.28. The molecule has 106 valence electrons. The van der Waals surface area contributed by atoms with E-state index in [0.29, 0.717) is 6.54 Å². The van der Waals surface area contributed by atoms with Crippen LogP contribution in [-0.2, 0) is 6.54 Å². The van der Waals surface area contributed by atoms with Crippen molar-refractivity contribution in [2.24, 2.45) is 0 Å². The van der Waals surface area contributed by atoms with E-state index in [1.165, 1.54) is 10.7 Å². The predicted octanol–water partition coefficient (Wildman–Crippen LogP) is 2.25. The first-order valence-electron chi connectivity index (χ1n) is 6.20. The minimum atomic E-state index is -0.807. The number of nitrogens with zero attached hydrogens (tertiary/aromatic N) is 4. The second-order valence-electron chi connectivity index (χ2n) is 4.50. The summed E-state index contributed by atoms with van der Waals surface area (Å²) < 4.78 is 28.6. The number of anilines is 1. The molecule has 3 rings (SSSR count). The molecule has 1 aromatic heterocycles. The van der Waals surface area contributed by atoms with Gasteiger partial charge in [0.05, 0.1) is 17.8 Å². The van der Waals surface area contributed by atoms with Gasteiger partial charge in [0.1, 0.15) is 11.6 Å². The van der Waals surface area contributed by atoms with Crippen molar-refractivity contribution in [3.8, 4) is 11.4 Å². The summed E-state index contributed by atoms with van der Waals surface area (Å²) in [5.41, 5.74) is 6.35. The van der Waals surface area contributed by atoms with Crippen LogP contribution in [0.4, 0.5) is 14.5 Å². The third-order valence-corrected chi connectivity index (χ3v) is 3.03. The highest BCUT2D eigenvalue weighted by molar-refractivity contribution is 5.62. The van der Waals surface area contributed by atoms with Gasteiger partial charge >= 0.3 is 0 Å². The van der Waals surface area contributed by atoms with E-state index >= 15 is 0 Å². The van der Waals surface area contributed by atoms with Crippen LogP contribution in [0.25, 0.3) is 11.4 Å². The number of hydrogen-bond acceptors (Lipinski definition) is 4. The molecule has 2 aromatic carbocycles. The average Bonchev–Trinajstić information content (AvgIpc) is 2.92. The van der Waals surface area contributed by atoms with E-state index in [-0.39, 0.29) is 17.1 Å². The van der Waals surface area contributed by atoms with Crippen LogP contribution in [0.1, 0.15) is 5.56 Å². The van der Waals surface area contributed by atoms with E-state index in [4.69, 9.17) is 5.73 Å². The zero-order valence-corrected chi connectivity index (χ0v) is 10.9. The van der Waals surface area contributed by atoms with E-state index in [0.717, 1.165) is 11.6 Å². The summed E-state index contributed by atoms with van der Waals surface area (Å²) in [4.78, 5) is 0. The minimum absolute atomic E-state index is 0.0647. The summed E-state index contributed by atoms with van der Waals surface area (Å²) in [5, 5.41) is 11.2. The molecular weight excluding hydrogens is 276 g/mol. The summed E-state index contributed by atoms with van der Waals surface area (Å²) in [6, 6.07) is 11.4. The summed E-state index contributed by atoms with van der Waals surface area (Å²) in [7, 11) is 0. The van der Waals surface area contributed by atoms with Gasteiger partial charge in [-0.25, -0.2) is 13.5 Å². The summed E-state index contributed by atoms with van der Waals surface area (Å²) >= 11 is 0. The standard InChI is InChI=1S/C14H11F2N5/c15-11-7-12(16)13(17)6-10(11)14-18-19-20-21(14)8-9-4-2-1-3-5-9/h1-7H,8,17H2. The molecule has 21 heavy (non-hydrogen) atoms. The monoisotopic (exact) mass is 287 g/mol. The fraction of sp³-hybridized carbons (Fsp3) is 0.0714. The highest BCUT2D eigenvalue weighted by atomic mass is 19.1. The maximum absolute atomic E-state index is 13.9. The molecular formula is C14H11F2N5. The molecule has 0 saturated heterocycles. The molecule has 1 heterocycles. The first-order valence-corrected chi connectivity index (χ1v) is 6.20. The fourth-order valence-corrected chi connectivity index (χ4v) is 2.00. The largest absolute Gasteiger partial charge is 0.396 e. The van der Waals surface area contributed by atoms with E-state index in [1.807, 2.05) is 30.3 Å². The Balaban J connectivity index is 2.01. The van der Waals surface area contributed by atoms with Crippen LogP contribution in [0.2, 0.25) is 0 Å². The van der Waals surface area contributed by atoms with Crippen molar-refractivity contribution in [2.45, 2.75) is 6.54 Å². The number of hydrogen-bond donors (Lipinski definition) is 1. The van der Waals surface area contributed by atoms with Crippen molar-refractivity contribution in [1.82, 2.24) is 20.2 Å². The molecule has 2 N–H and O–H groups in total. The molecule has 0 saturated carbocycles. The lowest BCUT2D eigenvalue weighted by Crippen LogP contribution is -2.06. The van der Waals surface area contributed by atoms with Crippen LogP contribution >= 0.6 is 0 Å². The SMILES string of the molecule is Nc1cc(-c2nnnn2Cc2ccccc2)c(F)cc1F. The minimum Gasteiger partial charge on any atom is -0.396 e. The van der Waals surface area contributed by atoms with Crippen LogP contribution in [-0.4, -0.2) is 20.2 Å². The van der Waals surface area contributed by atoms with Gasteiger partial charge in [-0.2, -0.15) is 0 Å². The molecule has 0 radical (unpaired) electrons. The third kappa shape index (κ3) is 2.58. The Morgan fingerprint density at radius 3 is 2.57 bits per heavy atom. The van der Waals surface area contributed by atoms with Gasteiger partial charge in [0, 0.05) is 6.07 Å². The Morgan fingerprint density at radius 2 is 1.81 bits per heavy atom. The van der Waals surface area contributed by atoms with Gasteiger partial charge in [-0.15, -0.1) is 5.10 Å². The van der Waals surface area contributed by atoms with Gasteiger partial charge in [0.15, 0.2) is 5.82 Å². The molecule has 3 aromatic rings. The van der Waals surface area contributed by atoms with E-state index < -0.39 is 11.6 Å². The van der Waals surface area contributed by atoms with Gasteiger partial charge in [0.25, 0.3) is 0 Å². The Hall–Kier alpha value is -2.83. The Bertz CT molecular complexity index is 770. The molecule has 0 atom stereocenters. The first-order chi connectivity index (χ1) is 10.1. The van der Waals surface area contributed by atoms with Crippen LogP contribution in [0.15, 0.2) is 42.5 Å². The maximum atomic E-state index is 13.9. The fourth-order valence-electron chi connectivity index (χ4n) is 2.00. The van der Waals surface area contributed by atoms with Crippen LogP contribution in [0, 0.1) is 11.6 Å². The van der Waals surface area contributed by atoms with Crippen molar-refractivity contribution in [3.63, 3.8) is 0 Å². The summed E-state index contributed by atoms with van der Waals surface area (Å²) in [5.74, 6) is -1.37. The molecule has 0 unspecified atom stereocenters. The Morgan fingerprint density at radius 1 is 1.05 bits per heavy atom. The molecule has 0 aliphatic rings. The molecule has 7 heteroatoms. The number of benzene rings is 2. The van der Waals surface area contributed by atoms with Crippen LogP contribution in [0.3, 0.4) is 0 Å². The number of rotatable bonds is 3. The normalized spacial score (nSPS) is 10.8. The van der Waals surface area contributed by atoms with Crippen LogP contribution in [0.5, 0.6) is 0 Å². The lowest BCUT2D eigenvalue weighted by molar-refractivity contribution is 0.585. The third-order valence-electron chi connectivity index (χ3n) is 3.03. The zero-order valence-electron chi connectivity index (χ0n) is 10.9. The average molecular weight is 287 g/mol. The molecule has 0 spiro atoms. The number of nitrogen functional groups attached to an aromatic ring is 1. The lowest BCUT2D eigenvalue weighted by atomic mass is 10.1. The highest BCUT2D eigenvalue weighted by Gasteiger charge is 2.16. The number of nitrogens with two attached hydrogens (primary N) is 1. The predicted molar refractivity (Wildman–Crippen MR) is 73.1 cm³/mol. The lowest BCUT2D eigenvalue weighted by Gasteiger charge is -2.07. The molecule has 0 amide bonds. The van der Waals surface area contributed by atoms with Crippen LogP contribution < -0.4 is 5.73 Å². The van der Waals surface area contributed by atoms with Crippen molar-refractivity contribution >= 4 is 5.69 Å². The number of aromatic nitrogens is 4. The Kier molecular flexibility index (Phi) is 3.31.